The maximum absolute atomic E-state index is 12.6. The lowest BCUT2D eigenvalue weighted by molar-refractivity contribution is -0.130. The number of fused-ring (bicyclic) bond motifs is 1. The first-order valence-corrected chi connectivity index (χ1v) is 9.92. The van der Waals surface area contributed by atoms with Gasteiger partial charge in [-0.05, 0) is 42.8 Å². The fourth-order valence-electron chi connectivity index (χ4n) is 3.07. The zero-order valence-electron chi connectivity index (χ0n) is 17.8. The molecule has 0 saturated heterocycles. The van der Waals surface area contributed by atoms with Crippen molar-refractivity contribution in [3.05, 3.63) is 48.0 Å². The summed E-state index contributed by atoms with van der Waals surface area (Å²) in [6.07, 6.45) is 3.10. The Morgan fingerprint density at radius 2 is 1.77 bits per heavy atom. The highest BCUT2D eigenvalue weighted by molar-refractivity contribution is 5.98. The average Bonchev–Trinajstić information content (AvgIpc) is 2.80. The molecule has 1 heterocycles. The van der Waals surface area contributed by atoms with Crippen molar-refractivity contribution in [2.45, 2.75) is 6.92 Å². The fraction of sp³-hybridized carbons (Fsp3) is 0.304. The minimum absolute atomic E-state index is 0.0694. The number of nitrogens with one attached hydrogen (secondary N) is 1. The highest BCUT2D eigenvalue weighted by Gasteiger charge is 2.16. The number of rotatable bonds is 8. The number of carbonyl (C=O) groups is 2. The van der Waals surface area contributed by atoms with Crippen molar-refractivity contribution in [2.24, 2.45) is 0 Å². The third-order valence-corrected chi connectivity index (χ3v) is 4.68. The number of hydrogen-bond donors (Lipinski definition) is 1. The molecule has 2 amide bonds. The first-order chi connectivity index (χ1) is 15.0. The van der Waals surface area contributed by atoms with Gasteiger partial charge in [-0.3, -0.25) is 9.59 Å². The largest absolute Gasteiger partial charge is 0.493 e. The molecule has 1 aliphatic heterocycles. The summed E-state index contributed by atoms with van der Waals surface area (Å²) in [5, 5.41) is 2.79. The lowest BCUT2D eigenvalue weighted by atomic mass is 10.2. The Kier molecular flexibility index (Phi) is 7.37. The van der Waals surface area contributed by atoms with E-state index >= 15 is 0 Å². The van der Waals surface area contributed by atoms with E-state index in [-0.39, 0.29) is 18.4 Å². The summed E-state index contributed by atoms with van der Waals surface area (Å²) in [5.41, 5.74) is 1.36. The molecule has 8 heteroatoms. The molecular formula is C23H26N2O6. The second-order valence-corrected chi connectivity index (χ2v) is 6.71. The molecule has 2 aromatic carbocycles. The smallest absolute Gasteiger partial charge is 0.247 e. The summed E-state index contributed by atoms with van der Waals surface area (Å²) >= 11 is 0. The van der Waals surface area contributed by atoms with E-state index in [0.717, 1.165) is 5.56 Å². The molecule has 164 valence electrons. The minimum Gasteiger partial charge on any atom is -0.493 e. The summed E-state index contributed by atoms with van der Waals surface area (Å²) < 4.78 is 21.5. The van der Waals surface area contributed by atoms with Gasteiger partial charge < -0.3 is 29.2 Å². The molecule has 1 N–H and O–H groups in total. The van der Waals surface area contributed by atoms with E-state index in [0.29, 0.717) is 48.4 Å². The number of anilines is 1. The van der Waals surface area contributed by atoms with Gasteiger partial charge in [0.25, 0.3) is 0 Å². The molecule has 0 aromatic heterocycles. The number of nitrogens with zero attached hydrogens (tertiary/aromatic N) is 1. The van der Waals surface area contributed by atoms with Gasteiger partial charge in [-0.1, -0.05) is 6.07 Å². The Morgan fingerprint density at radius 1 is 1.03 bits per heavy atom. The maximum atomic E-state index is 12.6. The number of likely N-dealkylation sites (N-methyl/N-ethyl adjacent to an activating group) is 1. The summed E-state index contributed by atoms with van der Waals surface area (Å²) in [4.78, 5) is 26.5. The van der Waals surface area contributed by atoms with Gasteiger partial charge in [-0.2, -0.15) is 0 Å². The summed E-state index contributed by atoms with van der Waals surface area (Å²) in [6.45, 7) is 3.11. The second-order valence-electron chi connectivity index (χ2n) is 6.71. The number of carbonyl (C=O) groups excluding carboxylic acids is 2. The molecule has 0 fully saturated rings. The van der Waals surface area contributed by atoms with Gasteiger partial charge in [0.05, 0.1) is 14.2 Å². The Hall–Kier alpha value is -3.68. The predicted octanol–water partition coefficient (Wildman–Crippen LogP) is 2.98. The van der Waals surface area contributed by atoms with Crippen molar-refractivity contribution in [1.82, 2.24) is 4.90 Å². The molecule has 8 nitrogen and oxygen atoms in total. The standard InChI is InChI=1S/C23H26N2O6/c1-4-25(23(27)10-6-16-5-8-18(28-2)20(13-16)29-3)15-22(26)24-17-7-9-19-21(14-17)31-12-11-30-19/h5-10,13-14H,4,11-12,15H2,1-3H3,(H,24,26)/b10-6+. The van der Waals surface area contributed by atoms with Crippen LogP contribution in [0.2, 0.25) is 0 Å². The zero-order chi connectivity index (χ0) is 22.2. The van der Waals surface area contributed by atoms with Gasteiger partial charge in [0.15, 0.2) is 23.0 Å². The maximum Gasteiger partial charge on any atom is 0.247 e. The lowest BCUT2D eigenvalue weighted by Gasteiger charge is -2.20. The van der Waals surface area contributed by atoms with Crippen LogP contribution >= 0.6 is 0 Å². The molecule has 0 saturated carbocycles. The van der Waals surface area contributed by atoms with Crippen molar-refractivity contribution in [3.8, 4) is 23.0 Å². The molecule has 0 spiro atoms. The van der Waals surface area contributed by atoms with Crippen LogP contribution in [0.15, 0.2) is 42.5 Å². The van der Waals surface area contributed by atoms with Crippen LogP contribution in [0.3, 0.4) is 0 Å². The van der Waals surface area contributed by atoms with E-state index in [4.69, 9.17) is 18.9 Å². The Bertz CT molecular complexity index is 973. The quantitative estimate of drug-likeness (QED) is 0.653. The van der Waals surface area contributed by atoms with Crippen LogP contribution in [0, 0.1) is 0 Å². The van der Waals surface area contributed by atoms with Gasteiger partial charge in [0, 0.05) is 24.4 Å². The van der Waals surface area contributed by atoms with Crippen molar-refractivity contribution < 1.29 is 28.5 Å². The van der Waals surface area contributed by atoms with Crippen LogP contribution in [-0.2, 0) is 9.59 Å². The van der Waals surface area contributed by atoms with Crippen LogP contribution < -0.4 is 24.3 Å². The third-order valence-electron chi connectivity index (χ3n) is 4.68. The monoisotopic (exact) mass is 426 g/mol. The van der Waals surface area contributed by atoms with Gasteiger partial charge in [0.2, 0.25) is 11.8 Å². The molecule has 2 aromatic rings. The minimum atomic E-state index is -0.300. The average molecular weight is 426 g/mol. The van der Waals surface area contributed by atoms with Crippen LogP contribution in [0.5, 0.6) is 23.0 Å². The number of amides is 2. The Morgan fingerprint density at radius 3 is 2.48 bits per heavy atom. The Labute approximate surface area is 181 Å². The van der Waals surface area contributed by atoms with E-state index < -0.39 is 0 Å². The number of benzene rings is 2. The van der Waals surface area contributed by atoms with Crippen molar-refractivity contribution in [3.63, 3.8) is 0 Å². The molecule has 0 radical (unpaired) electrons. The molecule has 0 bridgehead atoms. The topological polar surface area (TPSA) is 86.3 Å². The van der Waals surface area contributed by atoms with E-state index in [1.54, 1.807) is 50.6 Å². The SMILES string of the molecule is CCN(CC(=O)Nc1ccc2c(c1)OCCO2)C(=O)/C=C/c1ccc(OC)c(OC)c1. The molecule has 3 rings (SSSR count). The lowest BCUT2D eigenvalue weighted by Crippen LogP contribution is -2.36. The molecule has 1 aliphatic rings. The van der Waals surface area contributed by atoms with E-state index in [9.17, 15) is 9.59 Å². The van der Waals surface area contributed by atoms with Crippen LogP contribution in [0.4, 0.5) is 5.69 Å². The normalized spacial score (nSPS) is 12.4. The number of methoxy groups -OCH3 is 2. The van der Waals surface area contributed by atoms with E-state index in [2.05, 4.69) is 5.32 Å². The zero-order valence-corrected chi connectivity index (χ0v) is 17.8. The summed E-state index contributed by atoms with van der Waals surface area (Å²) in [5.74, 6) is 1.85. The van der Waals surface area contributed by atoms with Gasteiger partial charge in [0.1, 0.15) is 19.8 Å². The number of hydrogen-bond acceptors (Lipinski definition) is 6. The molecule has 0 atom stereocenters. The van der Waals surface area contributed by atoms with Crippen molar-refractivity contribution >= 4 is 23.6 Å². The van der Waals surface area contributed by atoms with Crippen molar-refractivity contribution in [2.75, 3.05) is 45.8 Å². The summed E-state index contributed by atoms with van der Waals surface area (Å²) in [6, 6.07) is 10.5. The molecular weight excluding hydrogens is 400 g/mol. The highest BCUT2D eigenvalue weighted by atomic mass is 16.6. The predicted molar refractivity (Wildman–Crippen MR) is 117 cm³/mol. The van der Waals surface area contributed by atoms with Crippen LogP contribution in [0.25, 0.3) is 6.08 Å². The van der Waals surface area contributed by atoms with Crippen LogP contribution in [0.1, 0.15) is 12.5 Å². The van der Waals surface area contributed by atoms with Crippen molar-refractivity contribution in [1.29, 1.82) is 0 Å². The van der Waals surface area contributed by atoms with Gasteiger partial charge >= 0.3 is 0 Å². The summed E-state index contributed by atoms with van der Waals surface area (Å²) in [7, 11) is 3.11. The second kappa shape index (κ2) is 10.4. The fourth-order valence-corrected chi connectivity index (χ4v) is 3.07. The van der Waals surface area contributed by atoms with Gasteiger partial charge in [-0.15, -0.1) is 0 Å². The van der Waals surface area contributed by atoms with Gasteiger partial charge in [-0.25, -0.2) is 0 Å². The first kappa shape index (κ1) is 22.0. The molecule has 0 aliphatic carbocycles. The number of ether oxygens (including phenoxy) is 4. The molecule has 31 heavy (non-hydrogen) atoms. The van der Waals surface area contributed by atoms with Crippen LogP contribution in [-0.4, -0.2) is 57.2 Å². The Balaban J connectivity index is 1.60. The van der Waals surface area contributed by atoms with E-state index in [1.165, 1.54) is 11.0 Å². The third kappa shape index (κ3) is 5.69. The molecule has 0 unspecified atom stereocenters. The first-order valence-electron chi connectivity index (χ1n) is 9.92. The highest BCUT2D eigenvalue weighted by Crippen LogP contribution is 2.32. The van der Waals surface area contributed by atoms with E-state index in [1.807, 2.05) is 13.0 Å².